The Bertz CT molecular complexity index is 934. The first-order valence-corrected chi connectivity index (χ1v) is 11.4. The highest BCUT2D eigenvalue weighted by molar-refractivity contribution is 5.87. The molecule has 1 amide bonds. The van der Waals surface area contributed by atoms with Crippen LogP contribution < -0.4 is 5.32 Å². The van der Waals surface area contributed by atoms with Gasteiger partial charge in [0.05, 0.1) is 32.4 Å². The summed E-state index contributed by atoms with van der Waals surface area (Å²) < 4.78 is 71.0. The van der Waals surface area contributed by atoms with Gasteiger partial charge in [0.15, 0.2) is 18.3 Å². The molecule has 0 aliphatic carbocycles. The Morgan fingerprint density at radius 2 is 1.66 bits per heavy atom. The first kappa shape index (κ1) is 30.8. The van der Waals surface area contributed by atoms with Gasteiger partial charge in [-0.05, 0) is 6.08 Å². The summed E-state index contributed by atoms with van der Waals surface area (Å²) in [6, 6.07) is -2.74. The predicted octanol–water partition coefficient (Wildman–Crippen LogP) is -0.383. The molecular formula is C22H29F3N2O11. The van der Waals surface area contributed by atoms with Gasteiger partial charge in [-0.2, -0.15) is 13.2 Å². The van der Waals surface area contributed by atoms with Crippen LogP contribution >= 0.6 is 0 Å². The van der Waals surface area contributed by atoms with E-state index in [0.717, 1.165) is 27.9 Å². The lowest BCUT2D eigenvalue weighted by atomic mass is 9.90. The molecule has 0 saturated carbocycles. The van der Waals surface area contributed by atoms with Gasteiger partial charge in [0.2, 0.25) is 5.76 Å². The summed E-state index contributed by atoms with van der Waals surface area (Å²) in [5.74, 6) is -6.51. The van der Waals surface area contributed by atoms with E-state index in [1.807, 2.05) is 5.32 Å². The number of nitrogens with zero attached hydrogens (tertiary/aromatic N) is 1. The lowest BCUT2D eigenvalue weighted by Gasteiger charge is -2.46. The summed E-state index contributed by atoms with van der Waals surface area (Å²) in [6.45, 7) is 3.09. The molecule has 1 saturated heterocycles. The Morgan fingerprint density at radius 3 is 2.16 bits per heavy atom. The monoisotopic (exact) mass is 554 g/mol. The summed E-state index contributed by atoms with van der Waals surface area (Å²) in [4.78, 5) is 61.5. The van der Waals surface area contributed by atoms with Crippen molar-refractivity contribution in [1.82, 2.24) is 10.2 Å². The van der Waals surface area contributed by atoms with Crippen LogP contribution in [0.5, 0.6) is 0 Å². The lowest BCUT2D eigenvalue weighted by molar-refractivity contribution is -0.192. The Hall–Kier alpha value is -3.40. The molecule has 0 aromatic carbocycles. The number of carbonyl (C=O) groups is 5. The smallest absolute Gasteiger partial charge is 0.471 e. The molecule has 0 aromatic rings. The minimum Gasteiger partial charge on any atom is -0.477 e. The Morgan fingerprint density at radius 1 is 1.05 bits per heavy atom. The van der Waals surface area contributed by atoms with Crippen LogP contribution in [0.15, 0.2) is 11.8 Å². The number of nitrogens with one attached hydrogen (secondary N) is 1. The molecule has 0 spiro atoms. The van der Waals surface area contributed by atoms with Crippen LogP contribution in [0.1, 0.15) is 20.8 Å². The third kappa shape index (κ3) is 8.58. The number of esters is 4. The molecule has 5 atom stereocenters. The van der Waals surface area contributed by atoms with Gasteiger partial charge in [0, 0.05) is 33.9 Å². The van der Waals surface area contributed by atoms with E-state index >= 15 is 0 Å². The van der Waals surface area contributed by atoms with E-state index in [1.54, 1.807) is 4.90 Å². The fraction of sp³-hybridized carbons (Fsp3) is 0.682. The average Bonchev–Trinajstić information content (AvgIpc) is 2.84. The Labute approximate surface area is 215 Å². The topological polar surface area (TPSA) is 156 Å². The summed E-state index contributed by atoms with van der Waals surface area (Å²) in [5.41, 5.74) is 0. The van der Waals surface area contributed by atoms with Crippen LogP contribution in [0.25, 0.3) is 0 Å². The molecule has 214 valence electrons. The second-order valence-electron chi connectivity index (χ2n) is 8.27. The van der Waals surface area contributed by atoms with Gasteiger partial charge < -0.3 is 33.7 Å². The van der Waals surface area contributed by atoms with Crippen molar-refractivity contribution in [3.63, 3.8) is 0 Å². The van der Waals surface area contributed by atoms with Crippen LogP contribution in [0.4, 0.5) is 13.2 Å². The summed E-state index contributed by atoms with van der Waals surface area (Å²) in [6.07, 6.45) is -9.25. The molecule has 2 rings (SSSR count). The lowest BCUT2D eigenvalue weighted by Crippen LogP contribution is -2.66. The maximum absolute atomic E-state index is 13.3. The first-order valence-electron chi connectivity index (χ1n) is 11.4. The van der Waals surface area contributed by atoms with Crippen LogP contribution in [0.3, 0.4) is 0 Å². The van der Waals surface area contributed by atoms with Gasteiger partial charge in [-0.1, -0.05) is 0 Å². The molecule has 16 heteroatoms. The van der Waals surface area contributed by atoms with Gasteiger partial charge in [0.25, 0.3) is 0 Å². The van der Waals surface area contributed by atoms with E-state index < -0.39 is 78.7 Å². The number of morpholine rings is 1. The molecule has 2 aliphatic rings. The van der Waals surface area contributed by atoms with Crippen LogP contribution in [0.2, 0.25) is 0 Å². The number of methoxy groups -OCH3 is 1. The van der Waals surface area contributed by atoms with Gasteiger partial charge in [-0.25, -0.2) is 4.79 Å². The highest BCUT2D eigenvalue weighted by atomic mass is 19.4. The molecule has 2 heterocycles. The molecule has 0 bridgehead atoms. The third-order valence-electron chi connectivity index (χ3n) is 5.48. The van der Waals surface area contributed by atoms with Gasteiger partial charge in [-0.15, -0.1) is 0 Å². The van der Waals surface area contributed by atoms with E-state index in [9.17, 15) is 37.1 Å². The van der Waals surface area contributed by atoms with Crippen molar-refractivity contribution < 1.29 is 65.6 Å². The van der Waals surface area contributed by atoms with E-state index in [4.69, 9.17) is 28.4 Å². The quantitative estimate of drug-likeness (QED) is 0.292. The third-order valence-corrected chi connectivity index (χ3v) is 5.48. The average molecular weight is 554 g/mol. The van der Waals surface area contributed by atoms with E-state index in [1.165, 1.54) is 6.08 Å². The molecule has 1 fully saturated rings. The van der Waals surface area contributed by atoms with E-state index in [2.05, 4.69) is 0 Å². The standard InChI is InChI=1S/C22H29F3N2O11/c1-11(28)35-10-16(36-12(2)29)18(37-13(3)30)19-17(26-21(32)22(23,24)25)14(27-5-7-34-8-6-27)9-15(38-19)20(31)33-4/h9,14,16-19H,5-8,10H2,1-4H3,(H,26,32)/t14-,16+,17+,18+,19+/m0/s1. The molecule has 38 heavy (non-hydrogen) atoms. The minimum absolute atomic E-state index is 0.194. The fourth-order valence-electron chi connectivity index (χ4n) is 3.96. The molecule has 0 aromatic heterocycles. The number of alkyl halides is 3. The molecule has 2 aliphatic heterocycles. The van der Waals surface area contributed by atoms with E-state index in [0.29, 0.717) is 0 Å². The Balaban J connectivity index is 2.66. The predicted molar refractivity (Wildman–Crippen MR) is 117 cm³/mol. The summed E-state index contributed by atoms with van der Waals surface area (Å²) in [7, 11) is 1.04. The van der Waals surface area contributed by atoms with Gasteiger partial charge >= 0.3 is 36.0 Å². The first-order chi connectivity index (χ1) is 17.7. The van der Waals surface area contributed by atoms with Crippen molar-refractivity contribution in [1.29, 1.82) is 0 Å². The number of ether oxygens (including phenoxy) is 6. The zero-order chi connectivity index (χ0) is 28.6. The number of halogens is 3. The van der Waals surface area contributed by atoms with Crippen molar-refractivity contribution in [3.8, 4) is 0 Å². The maximum atomic E-state index is 13.3. The van der Waals surface area contributed by atoms with Gasteiger partial charge in [0.1, 0.15) is 6.61 Å². The zero-order valence-electron chi connectivity index (χ0n) is 21.1. The van der Waals surface area contributed by atoms with Crippen LogP contribution in [-0.4, -0.2) is 111 Å². The maximum Gasteiger partial charge on any atom is 0.471 e. The normalized spacial score (nSPS) is 23.6. The van der Waals surface area contributed by atoms with Crippen LogP contribution in [-0.2, 0) is 52.4 Å². The van der Waals surface area contributed by atoms with Crippen molar-refractivity contribution in [3.05, 3.63) is 11.8 Å². The second kappa shape index (κ2) is 13.4. The van der Waals surface area contributed by atoms with Gasteiger partial charge in [-0.3, -0.25) is 24.1 Å². The zero-order valence-corrected chi connectivity index (χ0v) is 21.1. The molecule has 0 unspecified atom stereocenters. The number of carbonyl (C=O) groups excluding carboxylic acids is 5. The van der Waals surface area contributed by atoms with Crippen molar-refractivity contribution in [2.24, 2.45) is 0 Å². The Kier molecular flexibility index (Phi) is 10.9. The SMILES string of the molecule is COC(=O)C1=C[C@H](N2CCOCC2)[C@@H](NC(=O)C(F)(F)F)[C@H]([C@H](OC(C)=O)[C@@H](COC(C)=O)OC(C)=O)O1. The highest BCUT2D eigenvalue weighted by Crippen LogP contribution is 2.30. The number of amides is 1. The summed E-state index contributed by atoms with van der Waals surface area (Å²) >= 11 is 0. The number of rotatable bonds is 9. The van der Waals surface area contributed by atoms with Crippen LogP contribution in [0, 0.1) is 0 Å². The second-order valence-corrected chi connectivity index (χ2v) is 8.27. The molecular weight excluding hydrogens is 525 g/mol. The minimum atomic E-state index is -5.31. The van der Waals surface area contributed by atoms with Crippen molar-refractivity contribution >= 4 is 29.8 Å². The van der Waals surface area contributed by atoms with Crippen molar-refractivity contribution in [2.45, 2.75) is 57.3 Å². The number of hydrogen-bond donors (Lipinski definition) is 1. The largest absolute Gasteiger partial charge is 0.477 e. The molecule has 1 N–H and O–H groups in total. The molecule has 0 radical (unpaired) electrons. The van der Waals surface area contributed by atoms with E-state index in [-0.39, 0.29) is 26.3 Å². The highest BCUT2D eigenvalue weighted by Gasteiger charge is 2.52. The molecule has 13 nitrogen and oxygen atoms in total. The summed E-state index contributed by atoms with van der Waals surface area (Å²) in [5, 5.41) is 1.85. The number of hydrogen-bond acceptors (Lipinski definition) is 12. The van der Waals surface area contributed by atoms with Crippen molar-refractivity contribution in [2.75, 3.05) is 40.0 Å². The fourth-order valence-corrected chi connectivity index (χ4v) is 3.96.